The number of rotatable bonds is 6. The first-order valence-electron chi connectivity index (χ1n) is 7.49. The zero-order valence-electron chi connectivity index (χ0n) is 13.7. The van der Waals surface area contributed by atoms with E-state index in [-0.39, 0.29) is 36.4 Å². The van der Waals surface area contributed by atoms with Gasteiger partial charge in [0.25, 0.3) is 0 Å². The van der Waals surface area contributed by atoms with Gasteiger partial charge < -0.3 is 20.1 Å². The number of morpholine rings is 1. The zero-order chi connectivity index (χ0) is 16.7. The molecule has 1 amide bonds. The lowest BCUT2D eigenvalue weighted by molar-refractivity contribution is -0.137. The van der Waals surface area contributed by atoms with Crippen LogP contribution in [0.2, 0.25) is 0 Å². The van der Waals surface area contributed by atoms with Gasteiger partial charge in [-0.2, -0.15) is 0 Å². The minimum absolute atomic E-state index is 0. The van der Waals surface area contributed by atoms with Gasteiger partial charge in [-0.15, -0.1) is 24.2 Å². The minimum atomic E-state index is -0.346. The smallest absolute Gasteiger partial charge is 0.315 e. The van der Waals surface area contributed by atoms with E-state index < -0.39 is 0 Å². The maximum absolute atomic E-state index is 12.3. The van der Waals surface area contributed by atoms with E-state index >= 15 is 0 Å². The second-order valence-corrected chi connectivity index (χ2v) is 6.25. The number of carbonyl (C=O) groups is 2. The topological polar surface area (TPSA) is 76.7 Å². The molecule has 134 valence electrons. The monoisotopic (exact) mass is 374 g/mol. The number of methoxy groups -OCH3 is 1. The van der Waals surface area contributed by atoms with Crippen molar-refractivity contribution in [2.75, 3.05) is 31.3 Å². The first-order valence-corrected chi connectivity index (χ1v) is 8.65. The molecule has 8 heteroatoms. The number of hydrogen-bond donors (Lipinski definition) is 2. The lowest BCUT2D eigenvalue weighted by atomic mass is 10.1. The second kappa shape index (κ2) is 10.6. The number of ether oxygens (including phenoxy) is 2. The summed E-state index contributed by atoms with van der Waals surface area (Å²) < 4.78 is 10.1. The van der Waals surface area contributed by atoms with E-state index in [0.717, 1.165) is 11.3 Å². The van der Waals surface area contributed by atoms with Crippen LogP contribution in [-0.4, -0.2) is 50.0 Å². The van der Waals surface area contributed by atoms with Crippen LogP contribution < -0.4 is 10.6 Å². The van der Waals surface area contributed by atoms with Crippen molar-refractivity contribution in [2.24, 2.45) is 0 Å². The Morgan fingerprint density at radius 3 is 2.96 bits per heavy atom. The number of thioether (sulfide) groups is 1. The molecule has 1 aromatic carbocycles. The van der Waals surface area contributed by atoms with E-state index in [0.29, 0.717) is 24.7 Å². The van der Waals surface area contributed by atoms with E-state index in [2.05, 4.69) is 15.4 Å². The van der Waals surface area contributed by atoms with E-state index in [1.807, 2.05) is 31.2 Å². The highest BCUT2D eigenvalue weighted by Crippen LogP contribution is 2.17. The Balaban J connectivity index is 0.00000288. The Labute approximate surface area is 152 Å². The van der Waals surface area contributed by atoms with Gasteiger partial charge in [-0.3, -0.25) is 9.59 Å². The summed E-state index contributed by atoms with van der Waals surface area (Å²) in [4.78, 5) is 23.4. The van der Waals surface area contributed by atoms with Gasteiger partial charge in [0.2, 0.25) is 5.91 Å². The first-order chi connectivity index (χ1) is 11.1. The Morgan fingerprint density at radius 1 is 1.46 bits per heavy atom. The number of esters is 1. The number of benzene rings is 1. The fourth-order valence-electron chi connectivity index (χ4n) is 2.30. The number of halogens is 1. The molecule has 1 aliphatic heterocycles. The van der Waals surface area contributed by atoms with Crippen molar-refractivity contribution in [3.05, 3.63) is 29.8 Å². The molecule has 0 radical (unpaired) electrons. The molecule has 2 atom stereocenters. The molecule has 0 aromatic heterocycles. The summed E-state index contributed by atoms with van der Waals surface area (Å²) in [6, 6.07) is 7.26. The van der Waals surface area contributed by atoms with Gasteiger partial charge in [-0.05, 0) is 24.6 Å². The summed E-state index contributed by atoms with van der Waals surface area (Å²) in [7, 11) is 1.38. The third-order valence-corrected chi connectivity index (χ3v) is 4.49. The fraction of sp³-hybridized carbons (Fsp3) is 0.500. The van der Waals surface area contributed by atoms with Crippen LogP contribution >= 0.6 is 24.2 Å². The lowest BCUT2D eigenvalue weighted by Gasteiger charge is -2.29. The highest BCUT2D eigenvalue weighted by Gasteiger charge is 2.28. The van der Waals surface area contributed by atoms with Crippen molar-refractivity contribution in [3.63, 3.8) is 0 Å². The summed E-state index contributed by atoms with van der Waals surface area (Å²) in [6.07, 6.45) is -0.150. The summed E-state index contributed by atoms with van der Waals surface area (Å²) in [5, 5.41) is 6.07. The SMILES string of the molecule is COC(=O)CSCc1cccc(NC(=O)[C@H]2NCCO[C@@H]2C)c1.Cl. The van der Waals surface area contributed by atoms with Crippen molar-refractivity contribution in [2.45, 2.75) is 24.8 Å². The van der Waals surface area contributed by atoms with Crippen LogP contribution in [0.5, 0.6) is 0 Å². The van der Waals surface area contributed by atoms with Crippen LogP contribution in [0.4, 0.5) is 5.69 Å². The predicted octanol–water partition coefficient (Wildman–Crippen LogP) is 1.83. The highest BCUT2D eigenvalue weighted by molar-refractivity contribution is 7.99. The maximum atomic E-state index is 12.3. The van der Waals surface area contributed by atoms with Crippen LogP contribution in [0.15, 0.2) is 24.3 Å². The highest BCUT2D eigenvalue weighted by atomic mass is 35.5. The molecular formula is C16H23ClN2O4S. The van der Waals surface area contributed by atoms with Crippen molar-refractivity contribution in [3.8, 4) is 0 Å². The molecule has 24 heavy (non-hydrogen) atoms. The molecular weight excluding hydrogens is 352 g/mol. The molecule has 0 bridgehead atoms. The summed E-state index contributed by atoms with van der Waals surface area (Å²) >= 11 is 1.48. The molecule has 0 spiro atoms. The summed E-state index contributed by atoms with van der Waals surface area (Å²) in [6.45, 7) is 3.18. The van der Waals surface area contributed by atoms with Crippen LogP contribution in [0.3, 0.4) is 0 Å². The van der Waals surface area contributed by atoms with Gasteiger partial charge in [0, 0.05) is 18.0 Å². The molecule has 1 heterocycles. The number of anilines is 1. The van der Waals surface area contributed by atoms with Crippen LogP contribution in [-0.2, 0) is 24.8 Å². The van der Waals surface area contributed by atoms with Crippen molar-refractivity contribution >= 4 is 41.7 Å². The zero-order valence-corrected chi connectivity index (χ0v) is 15.4. The molecule has 2 N–H and O–H groups in total. The normalized spacial score (nSPS) is 19.9. The Morgan fingerprint density at radius 2 is 2.25 bits per heavy atom. The average molecular weight is 375 g/mol. The molecule has 1 aromatic rings. The summed E-state index contributed by atoms with van der Waals surface area (Å²) in [5.74, 6) is 0.655. The largest absolute Gasteiger partial charge is 0.468 e. The molecule has 2 rings (SSSR count). The van der Waals surface area contributed by atoms with Crippen molar-refractivity contribution in [1.29, 1.82) is 0 Å². The molecule has 0 aliphatic carbocycles. The Bertz CT molecular complexity index is 559. The van der Waals surface area contributed by atoms with Gasteiger partial charge in [0.15, 0.2) is 0 Å². The number of hydrogen-bond acceptors (Lipinski definition) is 6. The second-order valence-electron chi connectivity index (χ2n) is 5.27. The standard InChI is InChI=1S/C16H22N2O4S.ClH/c1-11-15(17-6-7-22-11)16(20)18-13-5-3-4-12(8-13)9-23-10-14(19)21-2;/h3-5,8,11,15,17H,6-7,9-10H2,1-2H3,(H,18,20);1H/t11-,15+;/m1./s1. The van der Waals surface area contributed by atoms with Crippen LogP contribution in [0.25, 0.3) is 0 Å². The molecule has 1 aliphatic rings. The number of carbonyl (C=O) groups excluding carboxylic acids is 2. The minimum Gasteiger partial charge on any atom is -0.468 e. The lowest BCUT2D eigenvalue weighted by Crippen LogP contribution is -2.53. The Hall–Kier alpha value is -1.28. The van der Waals surface area contributed by atoms with Gasteiger partial charge in [0.1, 0.15) is 6.04 Å². The quantitative estimate of drug-likeness (QED) is 0.740. The third-order valence-electron chi connectivity index (χ3n) is 3.51. The van der Waals surface area contributed by atoms with E-state index in [4.69, 9.17) is 4.74 Å². The molecule has 1 saturated heterocycles. The van der Waals surface area contributed by atoms with E-state index in [1.165, 1.54) is 18.9 Å². The average Bonchev–Trinajstić information content (AvgIpc) is 2.55. The molecule has 6 nitrogen and oxygen atoms in total. The Kier molecular flexibility index (Phi) is 9.13. The van der Waals surface area contributed by atoms with Crippen LogP contribution in [0.1, 0.15) is 12.5 Å². The number of nitrogens with one attached hydrogen (secondary N) is 2. The van der Waals surface area contributed by atoms with Gasteiger partial charge >= 0.3 is 5.97 Å². The molecule has 0 unspecified atom stereocenters. The van der Waals surface area contributed by atoms with Gasteiger partial charge in [0.05, 0.1) is 25.6 Å². The van der Waals surface area contributed by atoms with E-state index in [9.17, 15) is 9.59 Å². The van der Waals surface area contributed by atoms with Crippen molar-refractivity contribution in [1.82, 2.24) is 5.32 Å². The summed E-state index contributed by atoms with van der Waals surface area (Å²) in [5.41, 5.74) is 1.78. The van der Waals surface area contributed by atoms with Crippen molar-refractivity contribution < 1.29 is 19.1 Å². The first kappa shape index (κ1) is 20.8. The fourth-order valence-corrected chi connectivity index (χ4v) is 3.10. The third kappa shape index (κ3) is 6.32. The maximum Gasteiger partial charge on any atom is 0.315 e. The van der Waals surface area contributed by atoms with Gasteiger partial charge in [-0.1, -0.05) is 12.1 Å². The predicted molar refractivity (Wildman–Crippen MR) is 97.7 cm³/mol. The van der Waals surface area contributed by atoms with Crippen LogP contribution in [0, 0.1) is 0 Å². The molecule has 0 saturated carbocycles. The van der Waals surface area contributed by atoms with E-state index in [1.54, 1.807) is 0 Å². The molecule has 1 fully saturated rings. The van der Waals surface area contributed by atoms with Gasteiger partial charge in [-0.25, -0.2) is 0 Å². The number of amides is 1.